The number of anilines is 1. The standard InChI is InChI=1S/C17H14N4O2S/c1-19-10-14(12-6-4-3-5-7-12)13-8-9-15-20-16(18)17(21(15)11-13)24(2,22)23/h3-11H,18H2,2H3/b14-10+. The van der Waals surface area contributed by atoms with Crippen LogP contribution in [0.2, 0.25) is 0 Å². The number of aromatic nitrogens is 2. The summed E-state index contributed by atoms with van der Waals surface area (Å²) >= 11 is 0. The van der Waals surface area contributed by atoms with Crippen molar-refractivity contribution in [2.45, 2.75) is 5.03 Å². The molecule has 2 heterocycles. The number of nitrogens with two attached hydrogens (primary N) is 1. The van der Waals surface area contributed by atoms with E-state index < -0.39 is 9.84 Å². The van der Waals surface area contributed by atoms with Gasteiger partial charge in [-0.15, -0.1) is 0 Å². The topological polar surface area (TPSA) is 81.8 Å². The van der Waals surface area contributed by atoms with Gasteiger partial charge in [0.2, 0.25) is 0 Å². The van der Waals surface area contributed by atoms with E-state index in [0.29, 0.717) is 16.8 Å². The van der Waals surface area contributed by atoms with Gasteiger partial charge in [0.15, 0.2) is 26.9 Å². The third-order valence-electron chi connectivity index (χ3n) is 3.54. The van der Waals surface area contributed by atoms with Crippen LogP contribution in [-0.4, -0.2) is 24.1 Å². The van der Waals surface area contributed by atoms with Crippen molar-refractivity contribution in [2.24, 2.45) is 0 Å². The smallest absolute Gasteiger partial charge is 0.195 e. The molecule has 0 aliphatic rings. The summed E-state index contributed by atoms with van der Waals surface area (Å²) in [4.78, 5) is 7.45. The highest BCUT2D eigenvalue weighted by Gasteiger charge is 2.20. The van der Waals surface area contributed by atoms with E-state index in [-0.39, 0.29) is 10.8 Å². The van der Waals surface area contributed by atoms with Gasteiger partial charge in [0, 0.05) is 12.5 Å². The molecule has 0 unspecified atom stereocenters. The van der Waals surface area contributed by atoms with Gasteiger partial charge in [0.05, 0.1) is 6.57 Å². The largest absolute Gasteiger partial charge is 0.381 e. The van der Waals surface area contributed by atoms with Crippen LogP contribution in [-0.2, 0) is 9.84 Å². The van der Waals surface area contributed by atoms with Crippen molar-refractivity contribution in [1.29, 1.82) is 0 Å². The van der Waals surface area contributed by atoms with Gasteiger partial charge < -0.3 is 5.73 Å². The molecule has 3 aromatic rings. The molecule has 0 radical (unpaired) electrons. The van der Waals surface area contributed by atoms with Crippen molar-refractivity contribution >= 4 is 26.9 Å². The molecule has 2 N–H and O–H groups in total. The van der Waals surface area contributed by atoms with E-state index in [4.69, 9.17) is 12.3 Å². The van der Waals surface area contributed by atoms with Gasteiger partial charge in [0.25, 0.3) is 0 Å². The number of nitrogens with zero attached hydrogens (tertiary/aromatic N) is 3. The molecule has 0 aliphatic carbocycles. The summed E-state index contributed by atoms with van der Waals surface area (Å²) in [6.07, 6.45) is 4.14. The van der Waals surface area contributed by atoms with Crippen LogP contribution < -0.4 is 5.73 Å². The zero-order valence-corrected chi connectivity index (χ0v) is 13.7. The van der Waals surface area contributed by atoms with Crippen LogP contribution in [0.15, 0.2) is 59.9 Å². The van der Waals surface area contributed by atoms with Crippen LogP contribution >= 0.6 is 0 Å². The summed E-state index contributed by atoms with van der Waals surface area (Å²) in [5.41, 5.74) is 8.46. The SMILES string of the molecule is [C-]#[N+]/C=C(\c1ccccc1)c1ccc2nc(N)c(S(C)(=O)=O)n2c1. The van der Waals surface area contributed by atoms with E-state index in [0.717, 1.165) is 11.8 Å². The van der Waals surface area contributed by atoms with Crippen molar-refractivity contribution in [3.05, 3.63) is 77.4 Å². The van der Waals surface area contributed by atoms with E-state index in [9.17, 15) is 8.42 Å². The summed E-state index contributed by atoms with van der Waals surface area (Å²) in [5, 5.41) is -0.0467. The van der Waals surface area contributed by atoms with Crippen LogP contribution in [0.25, 0.3) is 16.1 Å². The van der Waals surface area contributed by atoms with Gasteiger partial charge >= 0.3 is 0 Å². The summed E-state index contributed by atoms with van der Waals surface area (Å²) in [5.74, 6) is -0.0370. The van der Waals surface area contributed by atoms with Crippen molar-refractivity contribution < 1.29 is 8.42 Å². The molecule has 0 atom stereocenters. The maximum atomic E-state index is 12.0. The molecule has 0 saturated carbocycles. The maximum absolute atomic E-state index is 12.0. The van der Waals surface area contributed by atoms with Gasteiger partial charge in [-0.3, -0.25) is 4.40 Å². The second kappa shape index (κ2) is 5.83. The Morgan fingerprint density at radius 1 is 1.21 bits per heavy atom. The molecular weight excluding hydrogens is 324 g/mol. The number of imidazole rings is 1. The van der Waals surface area contributed by atoms with Gasteiger partial charge in [-0.05, 0) is 22.8 Å². The van der Waals surface area contributed by atoms with Gasteiger partial charge in [-0.25, -0.2) is 18.2 Å². The van der Waals surface area contributed by atoms with Gasteiger partial charge in [0.1, 0.15) is 5.65 Å². The molecule has 0 spiro atoms. The summed E-state index contributed by atoms with van der Waals surface area (Å²) in [6.45, 7) is 7.15. The maximum Gasteiger partial charge on any atom is 0.195 e. The first-order valence-corrected chi connectivity index (χ1v) is 8.91. The number of rotatable bonds is 3. The second-order valence-electron chi connectivity index (χ2n) is 5.26. The Kier molecular flexibility index (Phi) is 3.83. The van der Waals surface area contributed by atoms with Crippen LogP contribution in [0, 0.1) is 6.57 Å². The number of hydrogen-bond acceptors (Lipinski definition) is 4. The summed E-state index contributed by atoms with van der Waals surface area (Å²) in [7, 11) is -3.54. The third kappa shape index (κ3) is 2.75. The minimum atomic E-state index is -3.54. The number of pyridine rings is 1. The van der Waals surface area contributed by atoms with Crippen LogP contribution in [0.5, 0.6) is 0 Å². The van der Waals surface area contributed by atoms with Crippen molar-refractivity contribution in [1.82, 2.24) is 9.38 Å². The molecule has 3 rings (SSSR count). The van der Waals surface area contributed by atoms with Crippen LogP contribution in [0.4, 0.5) is 5.82 Å². The molecule has 0 bridgehead atoms. The van der Waals surface area contributed by atoms with E-state index in [1.165, 1.54) is 10.6 Å². The third-order valence-corrected chi connectivity index (χ3v) is 4.65. The number of nitrogen functional groups attached to an aromatic ring is 1. The molecule has 24 heavy (non-hydrogen) atoms. The Morgan fingerprint density at radius 2 is 1.92 bits per heavy atom. The van der Waals surface area contributed by atoms with Crippen molar-refractivity contribution in [3.8, 4) is 0 Å². The normalized spacial score (nSPS) is 12.2. The molecule has 0 amide bonds. The fourth-order valence-corrected chi connectivity index (χ4v) is 3.50. The predicted molar refractivity (Wildman–Crippen MR) is 92.8 cm³/mol. The molecule has 6 nitrogen and oxygen atoms in total. The first-order valence-electron chi connectivity index (χ1n) is 7.02. The minimum Gasteiger partial charge on any atom is -0.381 e. The lowest BCUT2D eigenvalue weighted by atomic mass is 10.0. The number of sulfone groups is 1. The Hall–Kier alpha value is -3.11. The zero-order chi connectivity index (χ0) is 17.3. The highest BCUT2D eigenvalue weighted by atomic mass is 32.2. The Bertz CT molecular complexity index is 1090. The van der Waals surface area contributed by atoms with Crippen LogP contribution in [0.1, 0.15) is 11.1 Å². The Morgan fingerprint density at radius 3 is 2.54 bits per heavy atom. The fraction of sp³-hybridized carbons (Fsp3) is 0.0588. The molecule has 7 heteroatoms. The quantitative estimate of drug-likeness (QED) is 0.744. The summed E-state index contributed by atoms with van der Waals surface area (Å²) in [6, 6.07) is 12.9. The molecule has 0 saturated heterocycles. The first kappa shape index (κ1) is 15.8. The second-order valence-corrected chi connectivity index (χ2v) is 7.19. The highest BCUT2D eigenvalue weighted by Crippen LogP contribution is 2.27. The van der Waals surface area contributed by atoms with Crippen molar-refractivity contribution in [3.63, 3.8) is 0 Å². The van der Waals surface area contributed by atoms with Crippen LogP contribution in [0.3, 0.4) is 0 Å². The predicted octanol–water partition coefficient (Wildman–Crippen LogP) is 2.63. The highest BCUT2D eigenvalue weighted by molar-refractivity contribution is 7.90. The summed E-state index contributed by atoms with van der Waals surface area (Å²) < 4.78 is 25.4. The zero-order valence-electron chi connectivity index (χ0n) is 12.8. The number of fused-ring (bicyclic) bond motifs is 1. The average Bonchev–Trinajstić information content (AvgIpc) is 2.88. The molecule has 0 aliphatic heterocycles. The first-order chi connectivity index (χ1) is 11.4. The lowest BCUT2D eigenvalue weighted by Gasteiger charge is -2.09. The molecule has 1 aromatic carbocycles. The molecule has 120 valence electrons. The number of hydrogen-bond donors (Lipinski definition) is 1. The molecular formula is C17H14N4O2S. The fourth-order valence-electron chi connectivity index (χ4n) is 2.57. The number of benzene rings is 1. The lowest BCUT2D eigenvalue weighted by Crippen LogP contribution is -2.05. The van der Waals surface area contributed by atoms with Gasteiger partial charge in [-0.1, -0.05) is 36.4 Å². The monoisotopic (exact) mass is 338 g/mol. The lowest BCUT2D eigenvalue weighted by molar-refractivity contribution is 0.597. The molecule has 2 aromatic heterocycles. The van der Waals surface area contributed by atoms with E-state index in [1.54, 1.807) is 18.3 Å². The van der Waals surface area contributed by atoms with E-state index >= 15 is 0 Å². The van der Waals surface area contributed by atoms with E-state index in [2.05, 4.69) is 9.83 Å². The Labute approximate surface area is 139 Å². The Balaban J connectivity index is 2.27. The molecule has 0 fully saturated rings. The van der Waals surface area contributed by atoms with E-state index in [1.807, 2.05) is 30.3 Å². The average molecular weight is 338 g/mol. The van der Waals surface area contributed by atoms with Crippen molar-refractivity contribution in [2.75, 3.05) is 12.0 Å². The van der Waals surface area contributed by atoms with Gasteiger partial charge in [-0.2, -0.15) is 0 Å². The minimum absolute atomic E-state index is 0.0370.